The van der Waals surface area contributed by atoms with Crippen molar-refractivity contribution >= 4 is 25.1 Å². The molecule has 6 atom stereocenters. The fraction of sp³-hybridized carbons (Fsp3) is 0.500. The number of aliphatic hydroxyl groups excluding tert-OH is 2. The third-order valence-electron chi connectivity index (χ3n) is 7.49. The molecule has 5 N–H and O–H groups in total. The van der Waals surface area contributed by atoms with Crippen molar-refractivity contribution in [3.05, 3.63) is 54.5 Å². The number of nitriles is 1. The van der Waals surface area contributed by atoms with Gasteiger partial charge in [-0.1, -0.05) is 51.8 Å². The molecule has 14 nitrogen and oxygen atoms in total. The first-order valence-corrected chi connectivity index (χ1v) is 15.6. The Morgan fingerprint density at radius 3 is 2.58 bits per heavy atom. The van der Waals surface area contributed by atoms with Gasteiger partial charge in [-0.3, -0.25) is 9.32 Å². The Bertz CT molecular complexity index is 1480. The van der Waals surface area contributed by atoms with Crippen molar-refractivity contribution in [1.82, 2.24) is 19.7 Å². The number of carbonyl (C=O) groups is 1. The number of nitrogen functional groups attached to an aromatic ring is 1. The number of aromatic nitrogens is 3. The zero-order valence-electron chi connectivity index (χ0n) is 24.2. The molecule has 1 fully saturated rings. The highest BCUT2D eigenvalue weighted by Crippen LogP contribution is 2.47. The number of hydrogen-bond donors (Lipinski definition) is 4. The van der Waals surface area contributed by atoms with Gasteiger partial charge in [-0.05, 0) is 36.6 Å². The Hall–Kier alpha value is -3.57. The van der Waals surface area contributed by atoms with Crippen LogP contribution in [0.2, 0.25) is 0 Å². The molecule has 4 rings (SSSR count). The highest BCUT2D eigenvalue weighted by Gasteiger charge is 2.58. The van der Waals surface area contributed by atoms with E-state index in [4.69, 9.17) is 24.3 Å². The lowest BCUT2D eigenvalue weighted by Gasteiger charge is -2.26. The quantitative estimate of drug-likeness (QED) is 0.152. The van der Waals surface area contributed by atoms with Gasteiger partial charge in [-0.2, -0.15) is 15.4 Å². The van der Waals surface area contributed by atoms with Crippen molar-refractivity contribution in [3.8, 4) is 11.8 Å². The predicted octanol–water partition coefficient (Wildman–Crippen LogP) is 2.70. The molecule has 1 aliphatic rings. The van der Waals surface area contributed by atoms with Crippen LogP contribution < -0.4 is 15.3 Å². The Labute approximate surface area is 249 Å². The summed E-state index contributed by atoms with van der Waals surface area (Å²) in [7, 11) is -4.33. The van der Waals surface area contributed by atoms with Crippen molar-refractivity contribution in [3.63, 3.8) is 0 Å². The number of nitrogens with one attached hydrogen (secondary N) is 1. The van der Waals surface area contributed by atoms with Crippen molar-refractivity contribution in [1.29, 1.82) is 5.26 Å². The summed E-state index contributed by atoms with van der Waals surface area (Å²) >= 11 is 0. The number of nitrogens with zero attached hydrogens (tertiary/aromatic N) is 4. The molecule has 0 bridgehead atoms. The maximum absolute atomic E-state index is 14.1. The predicted molar refractivity (Wildman–Crippen MR) is 154 cm³/mol. The lowest BCUT2D eigenvalue weighted by molar-refractivity contribution is -0.147. The van der Waals surface area contributed by atoms with Crippen LogP contribution in [0.15, 0.2) is 48.8 Å². The first kappa shape index (κ1) is 32.3. The van der Waals surface area contributed by atoms with E-state index in [9.17, 15) is 24.8 Å². The van der Waals surface area contributed by atoms with E-state index in [0.29, 0.717) is 5.52 Å². The van der Waals surface area contributed by atoms with Gasteiger partial charge >= 0.3 is 13.7 Å². The van der Waals surface area contributed by atoms with Crippen molar-refractivity contribution in [2.24, 2.45) is 5.92 Å². The minimum atomic E-state index is -4.33. The maximum Gasteiger partial charge on any atom is 0.459 e. The summed E-state index contributed by atoms with van der Waals surface area (Å²) in [5, 5.41) is 38.9. The van der Waals surface area contributed by atoms with Gasteiger partial charge in [0.2, 0.25) is 5.60 Å². The van der Waals surface area contributed by atoms with Crippen molar-refractivity contribution < 1.29 is 38.1 Å². The molecule has 3 aromatic rings. The summed E-state index contributed by atoms with van der Waals surface area (Å²) in [6, 6.07) is 12.1. The van der Waals surface area contributed by atoms with Crippen LogP contribution >= 0.6 is 7.75 Å². The maximum atomic E-state index is 14.1. The molecular formula is C28H37N6O8P. The van der Waals surface area contributed by atoms with Crippen LogP contribution in [0.25, 0.3) is 5.52 Å². The second-order valence-electron chi connectivity index (χ2n) is 10.2. The molecule has 43 heavy (non-hydrogen) atoms. The van der Waals surface area contributed by atoms with Crippen molar-refractivity contribution in [2.75, 3.05) is 18.9 Å². The van der Waals surface area contributed by atoms with Crippen LogP contribution in [0.1, 0.15) is 45.7 Å². The van der Waals surface area contributed by atoms with E-state index in [1.807, 2.05) is 19.9 Å². The number of nitrogens with two attached hydrogens (primary N) is 1. The Morgan fingerprint density at radius 2 is 1.93 bits per heavy atom. The summed E-state index contributed by atoms with van der Waals surface area (Å²) in [4.78, 5) is 16.8. The monoisotopic (exact) mass is 616 g/mol. The summed E-state index contributed by atoms with van der Waals surface area (Å²) in [6.07, 6.45) is -1.66. The summed E-state index contributed by atoms with van der Waals surface area (Å²) in [5.41, 5.74) is 4.29. The SMILES string of the molecule is CCC(CC)COC(=O)[C@H](CC)NP(=O)(OC[C@H]1O[C@@](C#N)(c2ccc3c(N)ncnn23)[C@H](O)[C@@H]1O)Oc1ccccc1. The number of carbonyl (C=O) groups excluding carboxylic acids is 1. The molecule has 15 heteroatoms. The molecule has 1 unspecified atom stereocenters. The number of rotatable bonds is 14. The number of ether oxygens (including phenoxy) is 2. The molecular weight excluding hydrogens is 579 g/mol. The Morgan fingerprint density at radius 1 is 1.21 bits per heavy atom. The zero-order chi connectivity index (χ0) is 31.2. The van der Waals surface area contributed by atoms with E-state index in [0.717, 1.165) is 12.8 Å². The van der Waals surface area contributed by atoms with Crippen LogP contribution in [-0.4, -0.2) is 68.3 Å². The summed E-state index contributed by atoms with van der Waals surface area (Å²) in [5.74, 6) is -0.100. The van der Waals surface area contributed by atoms with E-state index < -0.39 is 50.3 Å². The van der Waals surface area contributed by atoms with Crippen LogP contribution in [0.4, 0.5) is 5.82 Å². The van der Waals surface area contributed by atoms with Gasteiger partial charge in [0, 0.05) is 0 Å². The average molecular weight is 617 g/mol. The normalized spacial score (nSPS) is 24.0. The smallest absolute Gasteiger partial charge is 0.459 e. The van der Waals surface area contributed by atoms with Gasteiger partial charge < -0.3 is 29.9 Å². The van der Waals surface area contributed by atoms with E-state index in [-0.39, 0.29) is 36.2 Å². The van der Waals surface area contributed by atoms with Gasteiger partial charge in [0.1, 0.15) is 48.0 Å². The van der Waals surface area contributed by atoms with Crippen molar-refractivity contribution in [2.45, 2.75) is 70.0 Å². The number of anilines is 1. The molecule has 0 radical (unpaired) electrons. The lowest BCUT2D eigenvalue weighted by Crippen LogP contribution is -2.41. The molecule has 232 valence electrons. The molecule has 1 saturated heterocycles. The summed E-state index contributed by atoms with van der Waals surface area (Å²) < 4.78 is 38.2. The number of fused-ring (bicyclic) bond motifs is 1. The lowest BCUT2D eigenvalue weighted by atomic mass is 9.92. The number of hydrogen-bond acceptors (Lipinski definition) is 12. The number of esters is 1. The standard InChI is InChI=1S/C28H37N6O8P/c1-4-18(5-2)14-39-27(37)20(6-3)33-43(38,42-19-10-8-7-9-11-19)40-15-22-24(35)25(36)28(16-29,41-22)23-13-12-21-26(30)31-17-32-34(21)23/h7-13,17-18,20,22,24-25,35-36H,4-6,14-15H2,1-3H3,(H,33,38)(H2,30,31,32)/t20-,22+,24+,25+,28-,43?/m0/s1. The van der Waals surface area contributed by atoms with Gasteiger partial charge in [0.15, 0.2) is 5.82 Å². The first-order chi connectivity index (χ1) is 20.6. The topological polar surface area (TPSA) is 204 Å². The van der Waals surface area contributed by atoms with E-state index >= 15 is 0 Å². The molecule has 2 aromatic heterocycles. The highest BCUT2D eigenvalue weighted by molar-refractivity contribution is 7.52. The Kier molecular flexibility index (Phi) is 10.4. The molecule has 0 amide bonds. The highest BCUT2D eigenvalue weighted by atomic mass is 31.2. The Balaban J connectivity index is 1.55. The molecule has 0 aliphatic carbocycles. The summed E-state index contributed by atoms with van der Waals surface area (Å²) in [6.45, 7) is 5.36. The fourth-order valence-electron chi connectivity index (χ4n) is 4.76. The minimum Gasteiger partial charge on any atom is -0.464 e. The minimum absolute atomic E-state index is 0.0984. The number of para-hydroxylation sites is 1. The fourth-order valence-corrected chi connectivity index (χ4v) is 6.35. The second kappa shape index (κ2) is 13.8. The molecule has 1 aliphatic heterocycles. The zero-order valence-corrected chi connectivity index (χ0v) is 25.1. The van der Waals surface area contributed by atoms with Gasteiger partial charge in [-0.25, -0.2) is 14.1 Å². The van der Waals surface area contributed by atoms with Gasteiger partial charge in [0.25, 0.3) is 0 Å². The van der Waals surface area contributed by atoms with E-state index in [2.05, 4.69) is 15.2 Å². The second-order valence-corrected chi connectivity index (χ2v) is 11.9. The van der Waals surface area contributed by atoms with Gasteiger partial charge in [-0.15, -0.1) is 0 Å². The molecule has 1 aromatic carbocycles. The average Bonchev–Trinajstić information content (AvgIpc) is 3.56. The third kappa shape index (κ3) is 6.83. The molecule has 0 spiro atoms. The van der Waals surface area contributed by atoms with Gasteiger partial charge in [0.05, 0.1) is 18.9 Å². The van der Waals surface area contributed by atoms with Crippen LogP contribution in [0.5, 0.6) is 5.75 Å². The number of aliphatic hydroxyl groups is 2. The van der Waals surface area contributed by atoms with Crippen LogP contribution in [0.3, 0.4) is 0 Å². The molecule has 3 heterocycles. The van der Waals surface area contributed by atoms with E-state index in [1.54, 1.807) is 43.3 Å². The first-order valence-electron chi connectivity index (χ1n) is 14.1. The number of benzene rings is 1. The van der Waals surface area contributed by atoms with E-state index in [1.165, 1.54) is 16.9 Å². The van der Waals surface area contributed by atoms with Crippen LogP contribution in [0, 0.1) is 17.2 Å². The molecule has 0 saturated carbocycles. The van der Waals surface area contributed by atoms with Crippen LogP contribution in [-0.2, 0) is 29.0 Å². The largest absolute Gasteiger partial charge is 0.464 e. The third-order valence-corrected chi connectivity index (χ3v) is 9.05.